The number of nitrogens with zero attached hydrogens (tertiary/aromatic N) is 3. The van der Waals surface area contributed by atoms with Crippen LogP contribution in [-0.2, 0) is 6.18 Å². The Morgan fingerprint density at radius 1 is 1.53 bits per heavy atom. The third-order valence-corrected chi connectivity index (χ3v) is 2.71. The Labute approximate surface area is 106 Å². The molecule has 1 aliphatic heterocycles. The van der Waals surface area contributed by atoms with Crippen molar-refractivity contribution in [3.8, 4) is 0 Å². The van der Waals surface area contributed by atoms with Gasteiger partial charge in [0.25, 0.3) is 0 Å². The average Bonchev–Trinajstić information content (AvgIpc) is 2.77. The van der Waals surface area contributed by atoms with E-state index in [4.69, 9.17) is 0 Å². The van der Waals surface area contributed by atoms with Crippen LogP contribution in [0.25, 0.3) is 0 Å². The minimum Gasteiger partial charge on any atom is -0.530 e. The Kier molecular flexibility index (Phi) is 3.45. The van der Waals surface area contributed by atoms with E-state index in [0.29, 0.717) is 6.42 Å². The number of amides is 1. The number of rotatable bonds is 2. The molecule has 1 fully saturated rings. The first-order valence-electron chi connectivity index (χ1n) is 5.49. The molecule has 2 heterocycles. The van der Waals surface area contributed by atoms with Gasteiger partial charge in [-0.15, -0.1) is 0 Å². The van der Waals surface area contributed by atoms with Crippen LogP contribution in [0.4, 0.5) is 23.8 Å². The average molecular weight is 275 g/mol. The molecule has 1 amide bonds. The first-order valence-corrected chi connectivity index (χ1v) is 5.49. The van der Waals surface area contributed by atoms with Gasteiger partial charge in [-0.05, 0) is 12.5 Å². The molecule has 0 spiro atoms. The lowest BCUT2D eigenvalue weighted by atomic mass is 10.2. The van der Waals surface area contributed by atoms with Crippen molar-refractivity contribution in [3.63, 3.8) is 0 Å². The summed E-state index contributed by atoms with van der Waals surface area (Å²) in [5.41, 5.74) is 0. The molecule has 1 aliphatic rings. The predicted octanol–water partition coefficient (Wildman–Crippen LogP) is 0.325. The first-order chi connectivity index (χ1) is 8.86. The van der Waals surface area contributed by atoms with Crippen molar-refractivity contribution in [2.24, 2.45) is 0 Å². The summed E-state index contributed by atoms with van der Waals surface area (Å²) in [5.74, 6) is -1.21. The summed E-state index contributed by atoms with van der Waals surface area (Å²) >= 11 is 0. The van der Waals surface area contributed by atoms with E-state index in [1.54, 1.807) is 0 Å². The number of carbonyl (C=O) groups is 1. The normalized spacial score (nSPS) is 19.5. The second-order valence-corrected chi connectivity index (χ2v) is 4.11. The van der Waals surface area contributed by atoms with E-state index in [1.165, 1.54) is 6.07 Å². The molecule has 2 rings (SSSR count). The van der Waals surface area contributed by atoms with Crippen LogP contribution in [0.3, 0.4) is 0 Å². The van der Waals surface area contributed by atoms with Gasteiger partial charge in [0.2, 0.25) is 5.82 Å². The minimum atomic E-state index is -4.61. The van der Waals surface area contributed by atoms with Crippen molar-refractivity contribution in [1.82, 2.24) is 14.9 Å². The molecule has 0 bridgehead atoms. The number of anilines is 1. The van der Waals surface area contributed by atoms with E-state index < -0.39 is 18.1 Å². The standard InChI is InChI=1S/C10H11F3N4O2/c11-10(12,13)8-14-3-1-7(16-8)15-6-2-4-17(5-6)9(18)19/h1,3,6H,2,4-5H2,(H,18,19)(H,14,15,16)/p-1. The van der Waals surface area contributed by atoms with Gasteiger partial charge in [-0.25, -0.2) is 9.97 Å². The highest BCUT2D eigenvalue weighted by Crippen LogP contribution is 2.26. The lowest BCUT2D eigenvalue weighted by Gasteiger charge is -2.19. The summed E-state index contributed by atoms with van der Waals surface area (Å²) in [6.45, 7) is 0.449. The molecule has 1 saturated heterocycles. The van der Waals surface area contributed by atoms with Gasteiger partial charge >= 0.3 is 6.18 Å². The summed E-state index contributed by atoms with van der Waals surface area (Å²) in [6.07, 6.45) is -4.41. The smallest absolute Gasteiger partial charge is 0.451 e. The number of aromatic nitrogens is 2. The van der Waals surface area contributed by atoms with E-state index in [-0.39, 0.29) is 24.9 Å². The maximum absolute atomic E-state index is 12.4. The topological polar surface area (TPSA) is 81.2 Å². The van der Waals surface area contributed by atoms with E-state index in [1.807, 2.05) is 0 Å². The number of nitrogens with one attached hydrogen (secondary N) is 1. The van der Waals surface area contributed by atoms with Crippen LogP contribution in [0.2, 0.25) is 0 Å². The molecule has 0 aromatic carbocycles. The van der Waals surface area contributed by atoms with Crippen molar-refractivity contribution in [3.05, 3.63) is 18.1 Å². The zero-order valence-electron chi connectivity index (χ0n) is 9.65. The van der Waals surface area contributed by atoms with E-state index >= 15 is 0 Å². The lowest BCUT2D eigenvalue weighted by molar-refractivity contribution is -0.264. The molecule has 0 radical (unpaired) electrons. The molecule has 1 atom stereocenters. The highest BCUT2D eigenvalue weighted by atomic mass is 19.4. The monoisotopic (exact) mass is 275 g/mol. The van der Waals surface area contributed by atoms with E-state index in [9.17, 15) is 23.1 Å². The Bertz CT molecular complexity index is 480. The number of hydrogen-bond acceptors (Lipinski definition) is 5. The third kappa shape index (κ3) is 3.24. The van der Waals surface area contributed by atoms with E-state index in [0.717, 1.165) is 11.1 Å². The summed E-state index contributed by atoms with van der Waals surface area (Å²) in [7, 11) is 0. The maximum atomic E-state index is 12.4. The SMILES string of the molecule is O=C([O-])N1CCC(Nc2ccnc(C(F)(F)F)n2)C1. The summed E-state index contributed by atoms with van der Waals surface area (Å²) < 4.78 is 37.2. The van der Waals surface area contributed by atoms with Crippen molar-refractivity contribution in [2.45, 2.75) is 18.6 Å². The molecular weight excluding hydrogens is 265 g/mol. The fourth-order valence-electron chi connectivity index (χ4n) is 1.83. The Balaban J connectivity index is 2.03. The van der Waals surface area contributed by atoms with Gasteiger partial charge in [0, 0.05) is 25.3 Å². The first kappa shape index (κ1) is 13.4. The van der Waals surface area contributed by atoms with Gasteiger partial charge in [-0.3, -0.25) is 0 Å². The van der Waals surface area contributed by atoms with Crippen LogP contribution in [0.15, 0.2) is 12.3 Å². The number of alkyl halides is 3. The molecule has 6 nitrogen and oxygen atoms in total. The molecule has 104 valence electrons. The van der Waals surface area contributed by atoms with Crippen LogP contribution in [0.1, 0.15) is 12.2 Å². The Morgan fingerprint density at radius 3 is 2.84 bits per heavy atom. The zero-order valence-corrected chi connectivity index (χ0v) is 9.65. The summed E-state index contributed by atoms with van der Waals surface area (Å²) in [5, 5.41) is 13.4. The molecule has 0 saturated carbocycles. The fourth-order valence-corrected chi connectivity index (χ4v) is 1.83. The highest BCUT2D eigenvalue weighted by Gasteiger charge is 2.35. The summed E-state index contributed by atoms with van der Waals surface area (Å²) in [4.78, 5) is 18.2. The fraction of sp³-hybridized carbons (Fsp3) is 0.500. The Hall–Kier alpha value is -2.06. The number of carboxylic acid groups (broad SMARTS) is 1. The minimum absolute atomic E-state index is 0.0209. The van der Waals surface area contributed by atoms with Gasteiger partial charge in [0.05, 0.1) is 0 Å². The molecule has 0 aliphatic carbocycles. The molecule has 1 aromatic rings. The van der Waals surface area contributed by atoms with Crippen molar-refractivity contribution < 1.29 is 23.1 Å². The van der Waals surface area contributed by atoms with Crippen LogP contribution < -0.4 is 10.4 Å². The largest absolute Gasteiger partial charge is 0.530 e. The van der Waals surface area contributed by atoms with Gasteiger partial charge in [-0.2, -0.15) is 13.2 Å². The molecule has 1 unspecified atom stereocenters. The van der Waals surface area contributed by atoms with Crippen molar-refractivity contribution in [1.29, 1.82) is 0 Å². The number of carbonyl (C=O) groups excluding carboxylic acids is 1. The van der Waals surface area contributed by atoms with Crippen molar-refractivity contribution >= 4 is 11.9 Å². The molecule has 1 N–H and O–H groups in total. The van der Waals surface area contributed by atoms with Gasteiger partial charge in [0.1, 0.15) is 11.9 Å². The van der Waals surface area contributed by atoms with Crippen LogP contribution in [0.5, 0.6) is 0 Å². The number of hydrogen-bond donors (Lipinski definition) is 1. The number of likely N-dealkylation sites (tertiary alicyclic amines) is 1. The second kappa shape index (κ2) is 4.90. The zero-order chi connectivity index (χ0) is 14.0. The van der Waals surface area contributed by atoms with E-state index in [2.05, 4.69) is 15.3 Å². The quantitative estimate of drug-likeness (QED) is 0.841. The molecule has 19 heavy (non-hydrogen) atoms. The number of halogens is 3. The van der Waals surface area contributed by atoms with Gasteiger partial charge < -0.3 is 20.1 Å². The van der Waals surface area contributed by atoms with Crippen molar-refractivity contribution in [2.75, 3.05) is 18.4 Å². The Morgan fingerprint density at radius 2 is 2.26 bits per heavy atom. The molecule has 9 heteroatoms. The van der Waals surface area contributed by atoms with Crippen LogP contribution >= 0.6 is 0 Å². The second-order valence-electron chi connectivity index (χ2n) is 4.11. The van der Waals surface area contributed by atoms with Gasteiger partial charge in [-0.1, -0.05) is 0 Å². The van der Waals surface area contributed by atoms with Crippen LogP contribution in [0, 0.1) is 0 Å². The third-order valence-electron chi connectivity index (χ3n) is 2.71. The highest BCUT2D eigenvalue weighted by molar-refractivity contribution is 5.63. The molecular formula is C10H10F3N4O2-. The summed E-state index contributed by atoms with van der Waals surface area (Å²) in [6, 6.07) is 1.02. The predicted molar refractivity (Wildman–Crippen MR) is 56.0 cm³/mol. The maximum Gasteiger partial charge on any atom is 0.451 e. The molecule has 1 aromatic heterocycles. The van der Waals surface area contributed by atoms with Crippen LogP contribution in [-0.4, -0.2) is 40.1 Å². The lowest BCUT2D eigenvalue weighted by Crippen LogP contribution is -2.40. The van der Waals surface area contributed by atoms with Gasteiger partial charge in [0.15, 0.2) is 0 Å².